The number of nitrogens with one attached hydrogen (secondary N) is 1. The third-order valence-electron chi connectivity index (χ3n) is 5.51. The van der Waals surface area contributed by atoms with Crippen LogP contribution >= 0.6 is 0 Å². The largest absolute Gasteiger partial charge is 0.392 e. The van der Waals surface area contributed by atoms with Crippen LogP contribution in [-0.2, 0) is 11.2 Å². The van der Waals surface area contributed by atoms with Crippen molar-refractivity contribution >= 4 is 16.9 Å². The summed E-state index contributed by atoms with van der Waals surface area (Å²) in [6.45, 7) is 3.01. The minimum Gasteiger partial charge on any atom is -0.392 e. The fourth-order valence-electron chi connectivity index (χ4n) is 4.11. The highest BCUT2D eigenvalue weighted by atomic mass is 16.5. The molecule has 128 valence electrons. The molecule has 2 atom stereocenters. The Morgan fingerprint density at radius 1 is 1.46 bits per heavy atom. The summed E-state index contributed by atoms with van der Waals surface area (Å²) in [6, 6.07) is 7.61. The van der Waals surface area contributed by atoms with E-state index in [1.165, 1.54) is 0 Å². The predicted molar refractivity (Wildman–Crippen MR) is 89.5 cm³/mol. The maximum Gasteiger partial charge on any atom is 0.228 e. The molecule has 0 unspecified atom stereocenters. The molecule has 2 aromatic rings. The molecule has 24 heavy (non-hydrogen) atoms. The number of rotatable bonds is 2. The van der Waals surface area contributed by atoms with E-state index in [1.54, 1.807) is 0 Å². The molecule has 2 aliphatic rings. The summed E-state index contributed by atoms with van der Waals surface area (Å²) < 4.78 is 5.29. The number of carbonyl (C=O) groups excluding carboxylic acids is 1. The van der Waals surface area contributed by atoms with Gasteiger partial charge >= 0.3 is 0 Å². The van der Waals surface area contributed by atoms with Crippen molar-refractivity contribution in [3.8, 4) is 0 Å². The number of benzene rings is 1. The molecule has 2 fully saturated rings. The fraction of sp³-hybridized carbons (Fsp3) is 0.556. The quantitative estimate of drug-likeness (QED) is 0.869. The summed E-state index contributed by atoms with van der Waals surface area (Å²) in [4.78, 5) is 14.7. The highest BCUT2D eigenvalue weighted by Crippen LogP contribution is 2.36. The molecule has 2 saturated heterocycles. The number of aliphatic hydroxyl groups excluding tert-OH is 1. The lowest BCUT2D eigenvalue weighted by atomic mass is 9.72. The van der Waals surface area contributed by atoms with E-state index in [2.05, 4.69) is 10.5 Å². The van der Waals surface area contributed by atoms with E-state index < -0.39 is 0 Å². The van der Waals surface area contributed by atoms with Crippen molar-refractivity contribution in [2.45, 2.75) is 31.8 Å². The van der Waals surface area contributed by atoms with Crippen molar-refractivity contribution < 1.29 is 14.4 Å². The van der Waals surface area contributed by atoms with E-state index >= 15 is 0 Å². The number of para-hydroxylation sites is 1. The van der Waals surface area contributed by atoms with Crippen LogP contribution in [0.5, 0.6) is 0 Å². The van der Waals surface area contributed by atoms with Crippen LogP contribution in [0.25, 0.3) is 11.0 Å². The Balaban J connectivity index is 1.50. The van der Waals surface area contributed by atoms with Gasteiger partial charge in [-0.05, 0) is 37.9 Å². The molecule has 3 heterocycles. The van der Waals surface area contributed by atoms with E-state index in [-0.39, 0.29) is 23.8 Å². The molecule has 6 heteroatoms. The topological polar surface area (TPSA) is 78.6 Å². The third kappa shape index (κ3) is 2.70. The summed E-state index contributed by atoms with van der Waals surface area (Å²) in [6.07, 6.45) is 2.58. The Morgan fingerprint density at radius 3 is 3.21 bits per heavy atom. The molecule has 2 aliphatic heterocycles. The van der Waals surface area contributed by atoms with Crippen LogP contribution < -0.4 is 5.32 Å². The highest BCUT2D eigenvalue weighted by Gasteiger charge is 2.44. The third-order valence-corrected chi connectivity index (χ3v) is 5.51. The van der Waals surface area contributed by atoms with E-state index in [0.29, 0.717) is 17.8 Å². The molecule has 1 aromatic carbocycles. The number of piperidine rings is 2. The van der Waals surface area contributed by atoms with E-state index in [1.807, 2.05) is 29.2 Å². The lowest BCUT2D eigenvalue weighted by Gasteiger charge is -2.48. The number of hydrogen-bond acceptors (Lipinski definition) is 5. The van der Waals surface area contributed by atoms with Gasteiger partial charge in [-0.1, -0.05) is 17.3 Å². The number of fused-ring (bicyclic) bond motifs is 1. The zero-order valence-electron chi connectivity index (χ0n) is 13.7. The van der Waals surface area contributed by atoms with Gasteiger partial charge in [0.2, 0.25) is 5.91 Å². The number of aliphatic hydroxyl groups is 1. The maximum absolute atomic E-state index is 12.8. The molecule has 1 amide bonds. The Labute approximate surface area is 140 Å². The maximum atomic E-state index is 12.8. The lowest BCUT2D eigenvalue weighted by molar-refractivity contribution is -0.137. The van der Waals surface area contributed by atoms with Crippen molar-refractivity contribution in [1.29, 1.82) is 0 Å². The number of nitrogens with zero attached hydrogens (tertiary/aromatic N) is 2. The molecule has 6 nitrogen and oxygen atoms in total. The molecule has 1 aromatic heterocycles. The van der Waals surface area contributed by atoms with E-state index in [9.17, 15) is 9.90 Å². The van der Waals surface area contributed by atoms with Crippen LogP contribution in [0.4, 0.5) is 0 Å². The SMILES string of the molecule is O=C(Cc1noc2ccccc12)N1CCC[C@]2(CNCC[C@@H]2O)C1. The van der Waals surface area contributed by atoms with Crippen LogP contribution in [0.15, 0.2) is 28.8 Å². The minimum atomic E-state index is -0.331. The second-order valence-corrected chi connectivity index (χ2v) is 7.06. The summed E-state index contributed by atoms with van der Waals surface area (Å²) >= 11 is 0. The first-order valence-electron chi connectivity index (χ1n) is 8.68. The smallest absolute Gasteiger partial charge is 0.228 e. The van der Waals surface area contributed by atoms with Gasteiger partial charge in [0.15, 0.2) is 5.58 Å². The highest BCUT2D eigenvalue weighted by molar-refractivity contribution is 5.86. The molecule has 0 bridgehead atoms. The Bertz CT molecular complexity index is 740. The zero-order chi connectivity index (χ0) is 16.6. The fourth-order valence-corrected chi connectivity index (χ4v) is 4.11. The minimum absolute atomic E-state index is 0.0610. The van der Waals surface area contributed by atoms with Gasteiger partial charge in [0.25, 0.3) is 0 Å². The van der Waals surface area contributed by atoms with Crippen molar-refractivity contribution in [3.05, 3.63) is 30.0 Å². The van der Waals surface area contributed by atoms with E-state index in [0.717, 1.165) is 44.3 Å². The summed E-state index contributed by atoms with van der Waals surface area (Å²) in [5, 5.41) is 18.8. The Hall–Kier alpha value is -1.92. The molecule has 1 spiro atoms. The van der Waals surface area contributed by atoms with Gasteiger partial charge in [-0.2, -0.15) is 0 Å². The molecule has 4 rings (SSSR count). The molecule has 0 radical (unpaired) electrons. The van der Waals surface area contributed by atoms with Crippen LogP contribution in [-0.4, -0.2) is 53.4 Å². The van der Waals surface area contributed by atoms with Gasteiger partial charge in [0.05, 0.1) is 12.5 Å². The molecular formula is C18H23N3O3. The zero-order valence-corrected chi connectivity index (χ0v) is 13.7. The van der Waals surface area contributed by atoms with Crippen LogP contribution in [0, 0.1) is 5.41 Å². The van der Waals surface area contributed by atoms with Crippen molar-refractivity contribution in [3.63, 3.8) is 0 Å². The van der Waals surface area contributed by atoms with Crippen molar-refractivity contribution in [2.24, 2.45) is 5.41 Å². The second kappa shape index (κ2) is 6.18. The van der Waals surface area contributed by atoms with Crippen molar-refractivity contribution in [2.75, 3.05) is 26.2 Å². The average molecular weight is 329 g/mol. The second-order valence-electron chi connectivity index (χ2n) is 7.06. The first kappa shape index (κ1) is 15.6. The normalized spacial score (nSPS) is 27.7. The van der Waals surface area contributed by atoms with Gasteiger partial charge < -0.3 is 19.8 Å². The molecular weight excluding hydrogens is 306 g/mol. The van der Waals surface area contributed by atoms with Crippen LogP contribution in [0.2, 0.25) is 0 Å². The summed E-state index contributed by atoms with van der Waals surface area (Å²) in [5.41, 5.74) is 1.21. The van der Waals surface area contributed by atoms with E-state index in [4.69, 9.17) is 4.52 Å². The number of likely N-dealkylation sites (tertiary alicyclic amines) is 1. The number of amides is 1. The van der Waals surface area contributed by atoms with Gasteiger partial charge in [-0.15, -0.1) is 0 Å². The molecule has 0 aliphatic carbocycles. The van der Waals surface area contributed by atoms with Crippen LogP contribution in [0.3, 0.4) is 0 Å². The Morgan fingerprint density at radius 2 is 2.33 bits per heavy atom. The summed E-state index contributed by atoms with van der Waals surface area (Å²) in [7, 11) is 0. The Kier molecular flexibility index (Phi) is 4.02. The first-order chi connectivity index (χ1) is 11.7. The number of aromatic nitrogens is 1. The number of hydrogen-bond donors (Lipinski definition) is 2. The van der Waals surface area contributed by atoms with Gasteiger partial charge in [0.1, 0.15) is 5.69 Å². The average Bonchev–Trinajstić information content (AvgIpc) is 3.01. The molecule has 0 saturated carbocycles. The number of carbonyl (C=O) groups is 1. The predicted octanol–water partition coefficient (Wildman–Crippen LogP) is 1.33. The molecule has 2 N–H and O–H groups in total. The van der Waals surface area contributed by atoms with Crippen LogP contribution in [0.1, 0.15) is 25.0 Å². The van der Waals surface area contributed by atoms with Gasteiger partial charge in [-0.25, -0.2) is 0 Å². The van der Waals surface area contributed by atoms with Gasteiger partial charge in [0, 0.05) is 30.4 Å². The van der Waals surface area contributed by atoms with Crippen molar-refractivity contribution in [1.82, 2.24) is 15.4 Å². The summed E-state index contributed by atoms with van der Waals surface area (Å²) in [5.74, 6) is 0.0610. The standard InChI is InChI=1S/C18H23N3O3/c22-16-6-8-19-11-18(16)7-3-9-21(12-18)17(23)10-14-13-4-1-2-5-15(13)24-20-14/h1-2,4-5,16,19,22H,3,6-12H2/t16-,18-/m0/s1. The monoisotopic (exact) mass is 329 g/mol. The first-order valence-corrected chi connectivity index (χ1v) is 8.68. The lowest BCUT2D eigenvalue weighted by Crippen LogP contribution is -2.59. The van der Waals surface area contributed by atoms with Gasteiger partial charge in [-0.3, -0.25) is 4.79 Å².